The second-order valence-electron chi connectivity index (χ2n) is 9.20. The molecule has 5 nitrogen and oxygen atoms in total. The maximum atomic E-state index is 15.8. The number of H-pyrrole nitrogens is 1. The van der Waals surface area contributed by atoms with Crippen LogP contribution in [-0.4, -0.2) is 48.9 Å². The van der Waals surface area contributed by atoms with Gasteiger partial charge in [-0.2, -0.15) is 5.10 Å². The van der Waals surface area contributed by atoms with Gasteiger partial charge in [0.1, 0.15) is 18.2 Å². The fourth-order valence-electron chi connectivity index (χ4n) is 4.32. The molecule has 0 bridgehead atoms. The molecule has 0 saturated heterocycles. The van der Waals surface area contributed by atoms with Crippen molar-refractivity contribution in [2.24, 2.45) is 0 Å². The van der Waals surface area contributed by atoms with E-state index in [0.717, 1.165) is 53.2 Å². The number of allylic oxidation sites excluding steroid dienone is 2. The van der Waals surface area contributed by atoms with Crippen molar-refractivity contribution in [3.8, 4) is 5.75 Å². The van der Waals surface area contributed by atoms with Gasteiger partial charge in [0.05, 0.1) is 17.1 Å². The second kappa shape index (κ2) is 12.9. The number of hydrogen-bond donors (Lipinski definition) is 2. The molecule has 196 valence electrons. The van der Waals surface area contributed by atoms with Gasteiger partial charge in [-0.3, -0.25) is 5.10 Å². The Kier molecular flexibility index (Phi) is 9.11. The topological polar surface area (TPSA) is 53.2 Å². The zero-order valence-corrected chi connectivity index (χ0v) is 22.3. The third kappa shape index (κ3) is 6.39. The summed E-state index contributed by atoms with van der Waals surface area (Å²) in [6.07, 6.45) is 6.33. The largest absolute Gasteiger partial charge is 0.492 e. The van der Waals surface area contributed by atoms with E-state index in [1.165, 1.54) is 0 Å². The second-order valence-corrected chi connectivity index (χ2v) is 9.20. The standard InChI is InChI=1S/C32H35FN4O/c1-5-27(24-11-7-6-8-12-24)31(28-17-18-30-29(32(28)33)22-35-36-30)25-13-15-26(16-14-25)38-21-20-34-19-9-10-23(2)37(3)4/h6-18,22,34H,2,5,19-21H2,1,3-4H3,(H,35,36)/b10-9+,31-27+. The predicted octanol–water partition coefficient (Wildman–Crippen LogP) is 6.67. The zero-order valence-electron chi connectivity index (χ0n) is 22.3. The van der Waals surface area contributed by atoms with Crippen molar-refractivity contribution in [1.82, 2.24) is 20.4 Å². The highest BCUT2D eigenvalue weighted by atomic mass is 19.1. The lowest BCUT2D eigenvalue weighted by molar-refractivity contribution is 0.316. The maximum Gasteiger partial charge on any atom is 0.142 e. The summed E-state index contributed by atoms with van der Waals surface area (Å²) in [6.45, 7) is 8.08. The summed E-state index contributed by atoms with van der Waals surface area (Å²) in [4.78, 5) is 1.97. The molecular weight excluding hydrogens is 475 g/mol. The van der Waals surface area contributed by atoms with Gasteiger partial charge in [0.25, 0.3) is 0 Å². The fourth-order valence-corrected chi connectivity index (χ4v) is 4.32. The first-order valence-electron chi connectivity index (χ1n) is 12.9. The number of fused-ring (bicyclic) bond motifs is 1. The fraction of sp³-hybridized carbons (Fsp3) is 0.219. The lowest BCUT2D eigenvalue weighted by Crippen LogP contribution is -2.21. The van der Waals surface area contributed by atoms with Crippen molar-refractivity contribution in [3.05, 3.63) is 120 Å². The van der Waals surface area contributed by atoms with E-state index in [1.54, 1.807) is 6.20 Å². The highest BCUT2D eigenvalue weighted by Gasteiger charge is 2.19. The molecule has 6 heteroatoms. The summed E-state index contributed by atoms with van der Waals surface area (Å²) in [6, 6.07) is 21.8. The Morgan fingerprint density at radius 2 is 1.82 bits per heavy atom. The van der Waals surface area contributed by atoms with Gasteiger partial charge < -0.3 is 15.0 Å². The van der Waals surface area contributed by atoms with E-state index in [4.69, 9.17) is 4.74 Å². The number of rotatable bonds is 12. The van der Waals surface area contributed by atoms with Crippen LogP contribution in [0.1, 0.15) is 30.0 Å². The van der Waals surface area contributed by atoms with Gasteiger partial charge in [0, 0.05) is 38.4 Å². The molecule has 0 amide bonds. The first kappa shape index (κ1) is 26.9. The van der Waals surface area contributed by atoms with E-state index in [-0.39, 0.29) is 5.82 Å². The average Bonchev–Trinajstić information content (AvgIpc) is 3.42. The summed E-state index contributed by atoms with van der Waals surface area (Å²) in [5, 5.41) is 10.7. The van der Waals surface area contributed by atoms with Crippen LogP contribution in [0, 0.1) is 5.82 Å². The molecule has 0 spiro atoms. The van der Waals surface area contributed by atoms with Crippen molar-refractivity contribution < 1.29 is 9.13 Å². The van der Waals surface area contributed by atoms with E-state index >= 15 is 4.39 Å². The van der Waals surface area contributed by atoms with Gasteiger partial charge in [0.2, 0.25) is 0 Å². The van der Waals surface area contributed by atoms with Crippen LogP contribution in [-0.2, 0) is 0 Å². The third-order valence-corrected chi connectivity index (χ3v) is 6.44. The molecule has 38 heavy (non-hydrogen) atoms. The Balaban J connectivity index is 1.54. The summed E-state index contributed by atoms with van der Waals surface area (Å²) >= 11 is 0. The lowest BCUT2D eigenvalue weighted by Gasteiger charge is -2.18. The molecule has 0 fully saturated rings. The monoisotopic (exact) mass is 510 g/mol. The average molecular weight is 511 g/mol. The van der Waals surface area contributed by atoms with Gasteiger partial charge in [-0.05, 0) is 59.0 Å². The molecule has 1 heterocycles. The Labute approximate surface area is 224 Å². The van der Waals surface area contributed by atoms with Gasteiger partial charge in [0.15, 0.2) is 0 Å². The number of likely N-dealkylation sites (N-methyl/N-ethyl adjacent to an activating group) is 1. The molecule has 4 rings (SSSR count). The molecule has 2 N–H and O–H groups in total. The number of ether oxygens (including phenoxy) is 1. The van der Waals surface area contributed by atoms with E-state index in [9.17, 15) is 0 Å². The van der Waals surface area contributed by atoms with Crippen LogP contribution in [0.3, 0.4) is 0 Å². The molecule has 0 saturated carbocycles. The molecule has 0 radical (unpaired) electrons. The maximum absolute atomic E-state index is 15.8. The third-order valence-electron chi connectivity index (χ3n) is 6.44. The van der Waals surface area contributed by atoms with Crippen LogP contribution in [0.15, 0.2) is 97.4 Å². The summed E-state index contributed by atoms with van der Waals surface area (Å²) < 4.78 is 21.7. The molecule has 1 aromatic heterocycles. The number of aromatic nitrogens is 2. The van der Waals surface area contributed by atoms with Gasteiger partial charge in [-0.1, -0.05) is 62.0 Å². The molecule has 3 aromatic carbocycles. The molecule has 0 aliphatic rings. The van der Waals surface area contributed by atoms with Crippen LogP contribution in [0.5, 0.6) is 5.75 Å². The first-order chi connectivity index (χ1) is 18.5. The number of nitrogens with zero attached hydrogens (tertiary/aromatic N) is 2. The lowest BCUT2D eigenvalue weighted by atomic mass is 9.87. The van der Waals surface area contributed by atoms with Crippen molar-refractivity contribution in [2.45, 2.75) is 13.3 Å². The van der Waals surface area contributed by atoms with Gasteiger partial charge in [-0.25, -0.2) is 4.39 Å². The minimum absolute atomic E-state index is 0.275. The van der Waals surface area contributed by atoms with Crippen LogP contribution in [0.2, 0.25) is 0 Å². The first-order valence-corrected chi connectivity index (χ1v) is 12.9. The highest BCUT2D eigenvalue weighted by molar-refractivity contribution is 6.00. The van der Waals surface area contributed by atoms with Crippen LogP contribution < -0.4 is 10.1 Å². The molecular formula is C32H35FN4O. The smallest absolute Gasteiger partial charge is 0.142 e. The summed E-state index contributed by atoms with van der Waals surface area (Å²) in [5.74, 6) is 0.498. The van der Waals surface area contributed by atoms with Crippen LogP contribution >= 0.6 is 0 Å². The van der Waals surface area contributed by atoms with E-state index < -0.39 is 0 Å². The van der Waals surface area contributed by atoms with Crippen molar-refractivity contribution >= 4 is 22.0 Å². The summed E-state index contributed by atoms with van der Waals surface area (Å²) in [7, 11) is 3.94. The molecule has 0 unspecified atom stereocenters. The molecule has 0 atom stereocenters. The van der Waals surface area contributed by atoms with E-state index in [1.807, 2.05) is 85.7 Å². The molecule has 0 aliphatic heterocycles. The van der Waals surface area contributed by atoms with Crippen molar-refractivity contribution in [3.63, 3.8) is 0 Å². The number of nitrogens with one attached hydrogen (secondary N) is 2. The minimum atomic E-state index is -0.275. The normalized spacial score (nSPS) is 12.1. The number of aromatic amines is 1. The molecule has 0 aliphatic carbocycles. The quantitative estimate of drug-likeness (QED) is 0.127. The SMILES string of the molecule is C=C(/C=C/CNCCOc1ccc(/C(=C(/CC)c2ccccc2)c2ccc3[nH]ncc3c2F)cc1)N(C)C. The molecule has 4 aromatic rings. The predicted molar refractivity (Wildman–Crippen MR) is 155 cm³/mol. The van der Waals surface area contributed by atoms with Crippen molar-refractivity contribution in [1.29, 1.82) is 0 Å². The van der Waals surface area contributed by atoms with Gasteiger partial charge in [-0.15, -0.1) is 0 Å². The Bertz CT molecular complexity index is 1420. The van der Waals surface area contributed by atoms with E-state index in [2.05, 4.69) is 41.1 Å². The number of hydrogen-bond acceptors (Lipinski definition) is 4. The Morgan fingerprint density at radius 3 is 2.53 bits per heavy atom. The van der Waals surface area contributed by atoms with Gasteiger partial charge >= 0.3 is 0 Å². The minimum Gasteiger partial charge on any atom is -0.492 e. The van der Waals surface area contributed by atoms with Crippen molar-refractivity contribution in [2.75, 3.05) is 33.8 Å². The highest BCUT2D eigenvalue weighted by Crippen LogP contribution is 2.37. The van der Waals surface area contributed by atoms with Crippen LogP contribution in [0.4, 0.5) is 4.39 Å². The number of halogens is 1. The number of benzene rings is 3. The summed E-state index contributed by atoms with van der Waals surface area (Å²) in [5.41, 5.74) is 6.16. The van der Waals surface area contributed by atoms with E-state index in [0.29, 0.717) is 23.1 Å². The Hall–Kier alpha value is -4.16. The zero-order chi connectivity index (χ0) is 26.9. The van der Waals surface area contributed by atoms with Crippen LogP contribution in [0.25, 0.3) is 22.0 Å². The Morgan fingerprint density at radius 1 is 1.05 bits per heavy atom.